The van der Waals surface area contributed by atoms with Crippen LogP contribution in [0, 0.1) is 5.41 Å². The van der Waals surface area contributed by atoms with Crippen molar-refractivity contribution in [3.05, 3.63) is 35.4 Å². The molecule has 1 aliphatic carbocycles. The Morgan fingerprint density at radius 2 is 1.95 bits per heavy atom. The average Bonchev–Trinajstić information content (AvgIpc) is 2.43. The van der Waals surface area contributed by atoms with Gasteiger partial charge >= 0.3 is 12.0 Å². The van der Waals surface area contributed by atoms with Gasteiger partial charge in [-0.25, -0.2) is 9.59 Å². The Kier molecular flexibility index (Phi) is 4.83. The van der Waals surface area contributed by atoms with Crippen LogP contribution >= 0.6 is 0 Å². The minimum Gasteiger partial charge on any atom is -0.478 e. The van der Waals surface area contributed by atoms with Gasteiger partial charge in [0, 0.05) is 13.1 Å². The van der Waals surface area contributed by atoms with Crippen LogP contribution in [0.15, 0.2) is 24.3 Å². The van der Waals surface area contributed by atoms with Crippen molar-refractivity contribution in [3.8, 4) is 0 Å². The second kappa shape index (κ2) is 6.61. The summed E-state index contributed by atoms with van der Waals surface area (Å²) < 4.78 is 0. The van der Waals surface area contributed by atoms with E-state index >= 15 is 0 Å². The van der Waals surface area contributed by atoms with Crippen LogP contribution in [-0.4, -0.2) is 30.2 Å². The van der Waals surface area contributed by atoms with E-state index in [1.165, 1.54) is 19.3 Å². The summed E-state index contributed by atoms with van der Waals surface area (Å²) in [6, 6.07) is 6.68. The molecule has 0 aliphatic heterocycles. The van der Waals surface area contributed by atoms with Crippen LogP contribution in [0.4, 0.5) is 4.79 Å². The summed E-state index contributed by atoms with van der Waals surface area (Å²) in [6.45, 7) is 3.30. The summed E-state index contributed by atoms with van der Waals surface area (Å²) in [5.41, 5.74) is 1.28. The third kappa shape index (κ3) is 4.21. The van der Waals surface area contributed by atoms with Crippen molar-refractivity contribution in [2.45, 2.75) is 32.6 Å². The lowest BCUT2D eigenvalue weighted by molar-refractivity contribution is 0.0695. The van der Waals surface area contributed by atoms with Crippen molar-refractivity contribution in [3.63, 3.8) is 0 Å². The number of nitrogens with one attached hydrogen (secondary N) is 2. The van der Waals surface area contributed by atoms with E-state index in [-0.39, 0.29) is 11.4 Å². The van der Waals surface area contributed by atoms with Crippen molar-refractivity contribution in [2.75, 3.05) is 13.1 Å². The summed E-state index contributed by atoms with van der Waals surface area (Å²) in [5, 5.41) is 14.7. The lowest BCUT2D eigenvalue weighted by atomic mass is 9.70. The predicted molar refractivity (Wildman–Crippen MR) is 80.5 cm³/mol. The van der Waals surface area contributed by atoms with E-state index in [1.807, 2.05) is 0 Å². The van der Waals surface area contributed by atoms with Gasteiger partial charge in [-0.05, 0) is 36.3 Å². The summed E-state index contributed by atoms with van der Waals surface area (Å²) in [6.07, 6.45) is 4.08. The van der Waals surface area contributed by atoms with E-state index in [2.05, 4.69) is 17.6 Å². The molecule has 5 nitrogen and oxygen atoms in total. The number of carboxylic acids is 1. The lowest BCUT2D eigenvalue weighted by Crippen LogP contribution is -2.44. The average molecular weight is 290 g/mol. The highest BCUT2D eigenvalue weighted by molar-refractivity contribution is 5.89. The van der Waals surface area contributed by atoms with E-state index in [4.69, 9.17) is 5.11 Å². The fourth-order valence-corrected chi connectivity index (χ4v) is 2.57. The Bertz CT molecular complexity index is 524. The van der Waals surface area contributed by atoms with Crippen molar-refractivity contribution >= 4 is 12.0 Å². The lowest BCUT2D eigenvalue weighted by Gasteiger charge is -2.38. The second-order valence-corrected chi connectivity index (χ2v) is 5.99. The van der Waals surface area contributed by atoms with E-state index in [0.29, 0.717) is 25.1 Å². The van der Waals surface area contributed by atoms with Gasteiger partial charge in [-0.3, -0.25) is 0 Å². The first-order valence-electron chi connectivity index (χ1n) is 7.33. The minimum absolute atomic E-state index is 0.184. The van der Waals surface area contributed by atoms with Gasteiger partial charge in [0.2, 0.25) is 0 Å². The molecule has 0 unspecified atom stereocenters. The molecule has 1 aromatic rings. The number of hydrogen-bond donors (Lipinski definition) is 3. The predicted octanol–water partition coefficient (Wildman–Crippen LogP) is 2.42. The smallest absolute Gasteiger partial charge is 0.335 e. The molecule has 1 aliphatic rings. The van der Waals surface area contributed by atoms with Crippen molar-refractivity contribution in [1.82, 2.24) is 10.6 Å². The number of amides is 2. The molecule has 0 atom stereocenters. The molecule has 0 saturated heterocycles. The van der Waals surface area contributed by atoms with Gasteiger partial charge in [0.05, 0.1) is 5.56 Å². The maximum absolute atomic E-state index is 11.7. The van der Waals surface area contributed by atoms with Crippen LogP contribution in [0.25, 0.3) is 0 Å². The normalized spacial score (nSPS) is 15.9. The summed E-state index contributed by atoms with van der Waals surface area (Å²) in [5.74, 6) is -0.937. The SMILES string of the molecule is CC1(CNC(=O)NCCc2ccccc2C(=O)O)CCC1. The largest absolute Gasteiger partial charge is 0.478 e. The zero-order valence-corrected chi connectivity index (χ0v) is 12.3. The van der Waals surface area contributed by atoms with Crippen LogP contribution in [0.2, 0.25) is 0 Å². The molecule has 5 heteroatoms. The number of aromatic carboxylic acids is 1. The quantitative estimate of drug-likeness (QED) is 0.753. The standard InChI is InChI=1S/C16H22N2O3/c1-16(8-4-9-16)11-18-15(21)17-10-7-12-5-2-3-6-13(12)14(19)20/h2-3,5-6H,4,7-11H2,1H3,(H,19,20)(H2,17,18,21). The molecule has 0 bridgehead atoms. The molecule has 1 aromatic carbocycles. The van der Waals surface area contributed by atoms with E-state index in [1.54, 1.807) is 24.3 Å². The van der Waals surface area contributed by atoms with Crippen LogP contribution < -0.4 is 10.6 Å². The third-order valence-corrected chi connectivity index (χ3v) is 4.16. The number of benzene rings is 1. The molecule has 2 amide bonds. The van der Waals surface area contributed by atoms with Gasteiger partial charge in [-0.1, -0.05) is 31.5 Å². The molecule has 1 saturated carbocycles. The number of carboxylic acid groups (broad SMARTS) is 1. The van der Waals surface area contributed by atoms with Gasteiger partial charge in [0.1, 0.15) is 0 Å². The van der Waals surface area contributed by atoms with Crippen LogP contribution in [0.5, 0.6) is 0 Å². The fourth-order valence-electron chi connectivity index (χ4n) is 2.57. The van der Waals surface area contributed by atoms with Crippen molar-refractivity contribution < 1.29 is 14.7 Å². The van der Waals surface area contributed by atoms with E-state index in [9.17, 15) is 9.59 Å². The molecule has 0 radical (unpaired) electrons. The third-order valence-electron chi connectivity index (χ3n) is 4.16. The molecular weight excluding hydrogens is 268 g/mol. The maximum Gasteiger partial charge on any atom is 0.335 e. The van der Waals surface area contributed by atoms with Crippen molar-refractivity contribution in [1.29, 1.82) is 0 Å². The number of carbonyl (C=O) groups excluding carboxylic acids is 1. The molecule has 2 rings (SSSR count). The highest BCUT2D eigenvalue weighted by Crippen LogP contribution is 2.39. The van der Waals surface area contributed by atoms with Crippen LogP contribution in [0.3, 0.4) is 0 Å². The molecule has 1 fully saturated rings. The first kappa shape index (κ1) is 15.4. The van der Waals surface area contributed by atoms with Gasteiger partial charge in [0.15, 0.2) is 0 Å². The highest BCUT2D eigenvalue weighted by atomic mass is 16.4. The molecule has 0 aromatic heterocycles. The summed E-state index contributed by atoms with van der Waals surface area (Å²) in [7, 11) is 0. The summed E-state index contributed by atoms with van der Waals surface area (Å²) >= 11 is 0. The minimum atomic E-state index is -0.937. The molecule has 0 heterocycles. The topological polar surface area (TPSA) is 78.4 Å². The highest BCUT2D eigenvalue weighted by Gasteiger charge is 2.31. The van der Waals surface area contributed by atoms with Gasteiger partial charge in [0.25, 0.3) is 0 Å². The van der Waals surface area contributed by atoms with E-state index in [0.717, 1.165) is 5.56 Å². The van der Waals surface area contributed by atoms with E-state index < -0.39 is 5.97 Å². The Balaban J connectivity index is 1.74. The van der Waals surface area contributed by atoms with Crippen LogP contribution in [0.1, 0.15) is 42.1 Å². The fraction of sp³-hybridized carbons (Fsp3) is 0.500. The first-order chi connectivity index (χ1) is 10.0. The zero-order chi connectivity index (χ0) is 15.3. The monoisotopic (exact) mass is 290 g/mol. The molecule has 114 valence electrons. The molecule has 3 N–H and O–H groups in total. The maximum atomic E-state index is 11.7. The number of carbonyl (C=O) groups is 2. The number of rotatable bonds is 6. The Labute approximate surface area is 124 Å². The van der Waals surface area contributed by atoms with Crippen LogP contribution in [-0.2, 0) is 6.42 Å². The van der Waals surface area contributed by atoms with Crippen molar-refractivity contribution in [2.24, 2.45) is 5.41 Å². The van der Waals surface area contributed by atoms with Gasteiger partial charge < -0.3 is 15.7 Å². The summed E-state index contributed by atoms with van der Waals surface area (Å²) in [4.78, 5) is 22.8. The number of hydrogen-bond acceptors (Lipinski definition) is 2. The second-order valence-electron chi connectivity index (χ2n) is 5.99. The first-order valence-corrected chi connectivity index (χ1v) is 7.33. The Hall–Kier alpha value is -2.04. The Morgan fingerprint density at radius 3 is 2.57 bits per heavy atom. The molecule has 0 spiro atoms. The Morgan fingerprint density at radius 1 is 1.24 bits per heavy atom. The van der Waals surface area contributed by atoms with Gasteiger partial charge in [-0.2, -0.15) is 0 Å². The number of urea groups is 1. The zero-order valence-electron chi connectivity index (χ0n) is 12.3. The molecular formula is C16H22N2O3. The molecule has 21 heavy (non-hydrogen) atoms. The van der Waals surface area contributed by atoms with Gasteiger partial charge in [-0.15, -0.1) is 0 Å².